The summed E-state index contributed by atoms with van der Waals surface area (Å²) in [7, 11) is 1.69. The molecule has 0 aromatic rings. The first-order chi connectivity index (χ1) is 3.66. The standard InChI is InChI=1S/C7H14O/c1-6(2)5-7(3)8-4/h5-6H,1-4H3. The number of hydrogen-bond donors (Lipinski definition) is 0. The van der Waals surface area contributed by atoms with Crippen LogP contribution in [-0.2, 0) is 4.74 Å². The van der Waals surface area contributed by atoms with Crippen molar-refractivity contribution in [3.05, 3.63) is 11.8 Å². The van der Waals surface area contributed by atoms with Gasteiger partial charge in [0.25, 0.3) is 0 Å². The molecule has 8 heavy (non-hydrogen) atoms. The second-order valence-electron chi connectivity index (χ2n) is 2.23. The van der Waals surface area contributed by atoms with Crippen LogP contribution in [0.15, 0.2) is 11.8 Å². The molecule has 0 spiro atoms. The van der Waals surface area contributed by atoms with E-state index in [1.165, 1.54) is 0 Å². The van der Waals surface area contributed by atoms with Crippen LogP contribution in [-0.4, -0.2) is 7.11 Å². The van der Waals surface area contributed by atoms with Gasteiger partial charge in [-0.3, -0.25) is 0 Å². The molecule has 0 N–H and O–H groups in total. The van der Waals surface area contributed by atoms with E-state index in [2.05, 4.69) is 19.9 Å². The molecule has 0 heterocycles. The maximum Gasteiger partial charge on any atom is 0.0887 e. The summed E-state index contributed by atoms with van der Waals surface area (Å²) in [5.74, 6) is 1.59. The van der Waals surface area contributed by atoms with Gasteiger partial charge in [0, 0.05) is 0 Å². The molecule has 0 aromatic heterocycles. The summed E-state index contributed by atoms with van der Waals surface area (Å²) in [5.41, 5.74) is 0. The topological polar surface area (TPSA) is 9.23 Å². The lowest BCUT2D eigenvalue weighted by Gasteiger charge is -1.99. The average Bonchev–Trinajstić information content (AvgIpc) is 1.65. The normalized spacial score (nSPS) is 12.4. The first-order valence-electron chi connectivity index (χ1n) is 2.89. The molecule has 0 radical (unpaired) electrons. The van der Waals surface area contributed by atoms with Crippen LogP contribution in [0.4, 0.5) is 0 Å². The predicted octanol–water partition coefficient (Wildman–Crippen LogP) is 2.19. The number of rotatable bonds is 2. The third kappa shape index (κ3) is 3.72. The molecule has 0 saturated carbocycles. The quantitative estimate of drug-likeness (QED) is 0.500. The van der Waals surface area contributed by atoms with E-state index >= 15 is 0 Å². The monoisotopic (exact) mass is 114 g/mol. The van der Waals surface area contributed by atoms with Crippen LogP contribution < -0.4 is 0 Å². The van der Waals surface area contributed by atoms with Crippen LogP contribution in [0.1, 0.15) is 20.8 Å². The Balaban J connectivity index is 3.56. The number of methoxy groups -OCH3 is 1. The zero-order valence-corrected chi connectivity index (χ0v) is 6.06. The molecule has 0 rings (SSSR count). The van der Waals surface area contributed by atoms with Crippen molar-refractivity contribution in [3.8, 4) is 0 Å². The molecule has 0 aliphatic rings. The van der Waals surface area contributed by atoms with Crippen molar-refractivity contribution in [2.45, 2.75) is 20.8 Å². The van der Waals surface area contributed by atoms with E-state index in [0.717, 1.165) is 5.76 Å². The maximum atomic E-state index is 4.92. The number of allylic oxidation sites excluding steroid dienone is 2. The highest BCUT2D eigenvalue weighted by Gasteiger charge is 1.87. The average molecular weight is 114 g/mol. The fourth-order valence-corrected chi connectivity index (χ4v) is 0.537. The van der Waals surface area contributed by atoms with Crippen molar-refractivity contribution in [3.63, 3.8) is 0 Å². The highest BCUT2D eigenvalue weighted by molar-refractivity contribution is 4.89. The Kier molecular flexibility index (Phi) is 3.33. The highest BCUT2D eigenvalue weighted by atomic mass is 16.5. The van der Waals surface area contributed by atoms with Gasteiger partial charge < -0.3 is 4.74 Å². The minimum absolute atomic E-state index is 0.593. The Hall–Kier alpha value is -0.460. The molecule has 1 heteroatoms. The summed E-state index contributed by atoms with van der Waals surface area (Å²) in [6, 6.07) is 0. The Morgan fingerprint density at radius 1 is 1.50 bits per heavy atom. The van der Waals surface area contributed by atoms with Crippen LogP contribution >= 0.6 is 0 Å². The minimum Gasteiger partial charge on any atom is -0.502 e. The minimum atomic E-state index is 0.593. The molecular weight excluding hydrogens is 100 g/mol. The van der Waals surface area contributed by atoms with Crippen LogP contribution in [0.5, 0.6) is 0 Å². The molecule has 0 amide bonds. The summed E-state index contributed by atoms with van der Waals surface area (Å²) < 4.78 is 4.92. The Bertz CT molecular complexity index is 82.4. The molecule has 1 nitrogen and oxygen atoms in total. The van der Waals surface area contributed by atoms with Crippen LogP contribution in [0.25, 0.3) is 0 Å². The summed E-state index contributed by atoms with van der Waals surface area (Å²) in [6.07, 6.45) is 2.08. The molecule has 0 fully saturated rings. The van der Waals surface area contributed by atoms with E-state index < -0.39 is 0 Å². The first-order valence-corrected chi connectivity index (χ1v) is 2.89. The lowest BCUT2D eigenvalue weighted by Crippen LogP contribution is -1.84. The van der Waals surface area contributed by atoms with Crippen LogP contribution in [0, 0.1) is 5.92 Å². The second kappa shape index (κ2) is 3.53. The second-order valence-corrected chi connectivity index (χ2v) is 2.23. The van der Waals surface area contributed by atoms with E-state index in [9.17, 15) is 0 Å². The van der Waals surface area contributed by atoms with Gasteiger partial charge in [-0.2, -0.15) is 0 Å². The molecule has 0 saturated heterocycles. The van der Waals surface area contributed by atoms with Crippen molar-refractivity contribution < 1.29 is 4.74 Å². The van der Waals surface area contributed by atoms with Crippen molar-refractivity contribution in [1.29, 1.82) is 0 Å². The van der Waals surface area contributed by atoms with E-state index in [1.54, 1.807) is 7.11 Å². The summed E-state index contributed by atoms with van der Waals surface area (Å²) in [4.78, 5) is 0. The fraction of sp³-hybridized carbons (Fsp3) is 0.714. The van der Waals surface area contributed by atoms with Gasteiger partial charge in [-0.05, 0) is 18.9 Å². The van der Waals surface area contributed by atoms with E-state index in [-0.39, 0.29) is 0 Å². The Morgan fingerprint density at radius 3 is 2.12 bits per heavy atom. The first kappa shape index (κ1) is 7.54. The Labute approximate surface area is 51.4 Å². The zero-order valence-electron chi connectivity index (χ0n) is 6.06. The maximum absolute atomic E-state index is 4.92. The summed E-state index contributed by atoms with van der Waals surface area (Å²) >= 11 is 0. The third-order valence-electron chi connectivity index (χ3n) is 0.890. The van der Waals surface area contributed by atoms with Crippen molar-refractivity contribution in [2.24, 2.45) is 5.92 Å². The summed E-state index contributed by atoms with van der Waals surface area (Å²) in [5, 5.41) is 0. The van der Waals surface area contributed by atoms with E-state index in [0.29, 0.717) is 5.92 Å². The molecule has 0 bridgehead atoms. The van der Waals surface area contributed by atoms with Crippen molar-refractivity contribution >= 4 is 0 Å². The lowest BCUT2D eigenvalue weighted by molar-refractivity contribution is 0.290. The SMILES string of the molecule is COC(C)=CC(C)C. The van der Waals surface area contributed by atoms with Gasteiger partial charge in [-0.1, -0.05) is 13.8 Å². The van der Waals surface area contributed by atoms with Gasteiger partial charge in [0.1, 0.15) is 0 Å². The van der Waals surface area contributed by atoms with Crippen LogP contribution in [0.3, 0.4) is 0 Å². The van der Waals surface area contributed by atoms with Gasteiger partial charge >= 0.3 is 0 Å². The van der Waals surface area contributed by atoms with Gasteiger partial charge in [-0.25, -0.2) is 0 Å². The molecule has 0 unspecified atom stereocenters. The van der Waals surface area contributed by atoms with Crippen LogP contribution in [0.2, 0.25) is 0 Å². The lowest BCUT2D eigenvalue weighted by atomic mass is 10.2. The molecular formula is C7H14O. The van der Waals surface area contributed by atoms with E-state index in [1.807, 2.05) is 6.92 Å². The van der Waals surface area contributed by atoms with Gasteiger partial charge in [0.2, 0.25) is 0 Å². The predicted molar refractivity (Wildman–Crippen MR) is 35.6 cm³/mol. The van der Waals surface area contributed by atoms with Gasteiger partial charge in [-0.15, -0.1) is 0 Å². The van der Waals surface area contributed by atoms with Crippen molar-refractivity contribution in [2.75, 3.05) is 7.11 Å². The zero-order chi connectivity index (χ0) is 6.57. The number of hydrogen-bond acceptors (Lipinski definition) is 1. The van der Waals surface area contributed by atoms with Gasteiger partial charge in [0.15, 0.2) is 0 Å². The third-order valence-corrected chi connectivity index (χ3v) is 0.890. The van der Waals surface area contributed by atoms with E-state index in [4.69, 9.17) is 4.74 Å². The molecule has 0 aliphatic heterocycles. The fourth-order valence-electron chi connectivity index (χ4n) is 0.537. The molecule has 48 valence electrons. The molecule has 0 atom stereocenters. The molecule has 0 aromatic carbocycles. The number of ether oxygens (including phenoxy) is 1. The highest BCUT2D eigenvalue weighted by Crippen LogP contribution is 2.00. The molecule has 0 aliphatic carbocycles. The Morgan fingerprint density at radius 2 is 2.00 bits per heavy atom. The smallest absolute Gasteiger partial charge is 0.0887 e. The van der Waals surface area contributed by atoms with Gasteiger partial charge in [0.05, 0.1) is 12.9 Å². The summed E-state index contributed by atoms with van der Waals surface area (Å²) in [6.45, 7) is 6.21. The van der Waals surface area contributed by atoms with Crippen molar-refractivity contribution in [1.82, 2.24) is 0 Å². The largest absolute Gasteiger partial charge is 0.502 e.